The largest absolute Gasteiger partial charge is 0.466 e. The van der Waals surface area contributed by atoms with Crippen molar-refractivity contribution in [1.29, 1.82) is 5.26 Å². The number of rotatable bonds is 9. The molecule has 0 aromatic heterocycles. The maximum absolute atomic E-state index is 13.3. The van der Waals surface area contributed by atoms with Crippen LogP contribution in [-0.4, -0.2) is 37.6 Å². The summed E-state index contributed by atoms with van der Waals surface area (Å²) in [5, 5.41) is 10.2. The topological polar surface area (TPSA) is 109 Å². The van der Waals surface area contributed by atoms with Gasteiger partial charge in [-0.3, -0.25) is 9.80 Å². The first-order valence-electron chi connectivity index (χ1n) is 12.9. The highest BCUT2D eigenvalue weighted by molar-refractivity contribution is 6.06. The smallest absolute Gasteiger partial charge is 0.355 e. The van der Waals surface area contributed by atoms with Crippen LogP contribution in [-0.2, 0) is 32.2 Å². The summed E-state index contributed by atoms with van der Waals surface area (Å²) in [6.07, 6.45) is 0. The van der Waals surface area contributed by atoms with E-state index in [1.54, 1.807) is 30.3 Å². The molecule has 1 aliphatic rings. The number of nitriles is 1. The predicted octanol–water partition coefficient (Wildman–Crippen LogP) is 4.61. The SMILES string of the molecule is CCN(Cc1ccccc1)Cc1cccc(N2C(N)=C(C#N)C(c3ccccc3)C(C(=O)OC)=C2C(=O)OC)c1. The molecule has 40 heavy (non-hydrogen) atoms. The zero-order valence-electron chi connectivity index (χ0n) is 22.8. The first kappa shape index (κ1) is 28.1. The summed E-state index contributed by atoms with van der Waals surface area (Å²) in [7, 11) is 2.47. The minimum Gasteiger partial charge on any atom is -0.466 e. The monoisotopic (exact) mass is 536 g/mol. The van der Waals surface area contributed by atoms with Crippen molar-refractivity contribution in [2.24, 2.45) is 5.73 Å². The third kappa shape index (κ3) is 5.75. The number of nitrogens with two attached hydrogens (primary N) is 1. The number of hydrogen-bond acceptors (Lipinski definition) is 8. The minimum atomic E-state index is -0.909. The van der Waals surface area contributed by atoms with E-state index in [2.05, 4.69) is 30.0 Å². The number of esters is 2. The molecule has 0 radical (unpaired) electrons. The van der Waals surface area contributed by atoms with E-state index in [-0.39, 0.29) is 22.7 Å². The summed E-state index contributed by atoms with van der Waals surface area (Å²) >= 11 is 0. The summed E-state index contributed by atoms with van der Waals surface area (Å²) in [5.41, 5.74) is 9.97. The molecule has 0 saturated carbocycles. The van der Waals surface area contributed by atoms with Gasteiger partial charge in [-0.25, -0.2) is 9.59 Å². The Labute approximate surface area is 234 Å². The van der Waals surface area contributed by atoms with Gasteiger partial charge in [0.05, 0.1) is 37.4 Å². The van der Waals surface area contributed by atoms with Crippen LogP contribution in [0.3, 0.4) is 0 Å². The molecule has 0 amide bonds. The minimum absolute atomic E-state index is 0.0176. The van der Waals surface area contributed by atoms with Crippen LogP contribution in [0.2, 0.25) is 0 Å². The van der Waals surface area contributed by atoms with Crippen molar-refractivity contribution in [1.82, 2.24) is 4.90 Å². The van der Waals surface area contributed by atoms with Crippen LogP contribution in [0.25, 0.3) is 0 Å². The lowest BCUT2D eigenvalue weighted by Gasteiger charge is -2.36. The van der Waals surface area contributed by atoms with Gasteiger partial charge in [-0.15, -0.1) is 0 Å². The molecule has 0 saturated heterocycles. The van der Waals surface area contributed by atoms with E-state index >= 15 is 0 Å². The highest BCUT2D eigenvalue weighted by Gasteiger charge is 2.43. The zero-order valence-corrected chi connectivity index (χ0v) is 22.8. The van der Waals surface area contributed by atoms with Gasteiger partial charge < -0.3 is 15.2 Å². The van der Waals surface area contributed by atoms with Crippen LogP contribution < -0.4 is 10.6 Å². The number of methoxy groups -OCH3 is 2. The Morgan fingerprint density at radius 3 is 2.10 bits per heavy atom. The van der Waals surface area contributed by atoms with E-state index < -0.39 is 17.9 Å². The fourth-order valence-corrected chi connectivity index (χ4v) is 4.95. The van der Waals surface area contributed by atoms with Gasteiger partial charge in [-0.1, -0.05) is 79.7 Å². The van der Waals surface area contributed by atoms with Crippen molar-refractivity contribution in [2.45, 2.75) is 25.9 Å². The first-order valence-corrected chi connectivity index (χ1v) is 12.9. The average molecular weight is 537 g/mol. The number of nitrogens with zero attached hydrogens (tertiary/aromatic N) is 3. The van der Waals surface area contributed by atoms with E-state index in [0.29, 0.717) is 17.8 Å². The Bertz CT molecular complexity index is 1480. The number of carbonyl (C=O) groups is 2. The summed E-state index contributed by atoms with van der Waals surface area (Å²) in [5.74, 6) is -2.39. The van der Waals surface area contributed by atoms with Crippen LogP contribution in [0.5, 0.6) is 0 Å². The fourth-order valence-electron chi connectivity index (χ4n) is 4.95. The molecule has 2 N–H and O–H groups in total. The second-order valence-corrected chi connectivity index (χ2v) is 9.29. The molecule has 1 heterocycles. The van der Waals surface area contributed by atoms with Crippen LogP contribution in [0, 0.1) is 11.3 Å². The number of carbonyl (C=O) groups excluding carboxylic acids is 2. The van der Waals surface area contributed by atoms with Gasteiger partial charge in [0.1, 0.15) is 11.5 Å². The van der Waals surface area contributed by atoms with Crippen molar-refractivity contribution < 1.29 is 19.1 Å². The highest BCUT2D eigenvalue weighted by Crippen LogP contribution is 2.43. The number of ether oxygens (including phenoxy) is 2. The lowest BCUT2D eigenvalue weighted by atomic mass is 9.81. The maximum atomic E-state index is 13.3. The predicted molar refractivity (Wildman–Crippen MR) is 152 cm³/mol. The third-order valence-corrected chi connectivity index (χ3v) is 6.88. The molecular weight excluding hydrogens is 504 g/mol. The number of allylic oxidation sites excluding steroid dienone is 1. The van der Waals surface area contributed by atoms with Gasteiger partial charge in [0.15, 0.2) is 0 Å². The lowest BCUT2D eigenvalue weighted by Crippen LogP contribution is -2.40. The molecule has 0 aliphatic carbocycles. The van der Waals surface area contributed by atoms with Crippen molar-refractivity contribution >= 4 is 17.6 Å². The normalized spacial score (nSPS) is 15.2. The van der Waals surface area contributed by atoms with Crippen LogP contribution in [0.1, 0.15) is 29.5 Å². The molecule has 204 valence electrons. The molecule has 8 nitrogen and oxygen atoms in total. The molecule has 3 aromatic rings. The molecular formula is C32H32N4O4. The van der Waals surface area contributed by atoms with Gasteiger partial charge in [0, 0.05) is 18.8 Å². The van der Waals surface area contributed by atoms with Crippen LogP contribution >= 0.6 is 0 Å². The summed E-state index contributed by atoms with van der Waals surface area (Å²) < 4.78 is 10.2. The van der Waals surface area contributed by atoms with Crippen molar-refractivity contribution in [3.63, 3.8) is 0 Å². The molecule has 1 aliphatic heterocycles. The van der Waals surface area contributed by atoms with E-state index in [9.17, 15) is 14.9 Å². The van der Waals surface area contributed by atoms with Crippen molar-refractivity contribution in [2.75, 3.05) is 25.7 Å². The Kier molecular flexibility index (Phi) is 9.00. The Balaban J connectivity index is 1.83. The molecule has 0 fully saturated rings. The van der Waals surface area contributed by atoms with Crippen molar-refractivity contribution in [3.05, 3.63) is 124 Å². The van der Waals surface area contributed by atoms with Gasteiger partial charge in [-0.2, -0.15) is 5.26 Å². The van der Waals surface area contributed by atoms with E-state index in [4.69, 9.17) is 15.2 Å². The maximum Gasteiger partial charge on any atom is 0.355 e. The van der Waals surface area contributed by atoms with E-state index in [1.807, 2.05) is 42.5 Å². The number of benzene rings is 3. The van der Waals surface area contributed by atoms with E-state index in [0.717, 1.165) is 18.7 Å². The number of hydrogen-bond donors (Lipinski definition) is 1. The molecule has 0 bridgehead atoms. The molecule has 1 unspecified atom stereocenters. The molecule has 1 atom stereocenters. The average Bonchev–Trinajstić information content (AvgIpc) is 3.00. The summed E-state index contributed by atoms with van der Waals surface area (Å²) in [4.78, 5) is 30.3. The number of anilines is 1. The molecule has 4 rings (SSSR count). The Morgan fingerprint density at radius 1 is 0.900 bits per heavy atom. The standard InChI is InChI=1S/C32H32N4O4/c1-4-35(20-22-12-7-5-8-13-22)21-23-14-11-17-25(18-23)36-29(32(38)40-3)28(31(37)39-2)27(26(19-33)30(36)34)24-15-9-6-10-16-24/h5-18,27H,4,20-21,34H2,1-3H3. The summed E-state index contributed by atoms with van der Waals surface area (Å²) in [6, 6.07) is 28.9. The lowest BCUT2D eigenvalue weighted by molar-refractivity contribution is -0.139. The van der Waals surface area contributed by atoms with Crippen molar-refractivity contribution in [3.8, 4) is 6.07 Å². The molecule has 0 spiro atoms. The van der Waals surface area contributed by atoms with Gasteiger partial charge in [0.25, 0.3) is 0 Å². The van der Waals surface area contributed by atoms with E-state index in [1.165, 1.54) is 24.7 Å². The second-order valence-electron chi connectivity index (χ2n) is 9.29. The second kappa shape index (κ2) is 12.8. The quantitative estimate of drug-likeness (QED) is 0.395. The molecule has 8 heteroatoms. The third-order valence-electron chi connectivity index (χ3n) is 6.88. The zero-order chi connectivity index (χ0) is 28.6. The Hall–Kier alpha value is -4.87. The molecule has 3 aromatic carbocycles. The van der Waals surface area contributed by atoms with Crippen LogP contribution in [0.15, 0.2) is 108 Å². The summed E-state index contributed by atoms with van der Waals surface area (Å²) in [6.45, 7) is 4.32. The van der Waals surface area contributed by atoms with Gasteiger partial charge in [-0.05, 0) is 35.4 Å². The first-order chi connectivity index (χ1) is 19.4. The fraction of sp³-hybridized carbons (Fsp3) is 0.219. The van der Waals surface area contributed by atoms with Crippen LogP contribution in [0.4, 0.5) is 5.69 Å². The Morgan fingerprint density at radius 2 is 1.50 bits per heavy atom. The van der Waals surface area contributed by atoms with Gasteiger partial charge in [0.2, 0.25) is 0 Å². The van der Waals surface area contributed by atoms with Gasteiger partial charge >= 0.3 is 11.9 Å². The highest BCUT2D eigenvalue weighted by atomic mass is 16.5.